The molecule has 29 heavy (non-hydrogen) atoms. The Balaban J connectivity index is 1.80. The molecule has 0 bridgehead atoms. The first-order valence-corrected chi connectivity index (χ1v) is 9.70. The SMILES string of the molecule is COc1cc(NC(=O)[C@@H]2CCC[C@H](N)C2)c(OC)cc1NC(=O)c1ccccc1. The van der Waals surface area contributed by atoms with Crippen molar-refractivity contribution in [2.75, 3.05) is 24.9 Å². The highest BCUT2D eigenvalue weighted by molar-refractivity contribution is 6.05. The van der Waals surface area contributed by atoms with Gasteiger partial charge in [0, 0.05) is 29.7 Å². The van der Waals surface area contributed by atoms with Gasteiger partial charge in [-0.05, 0) is 31.4 Å². The van der Waals surface area contributed by atoms with Crippen molar-refractivity contribution < 1.29 is 19.1 Å². The van der Waals surface area contributed by atoms with E-state index < -0.39 is 0 Å². The van der Waals surface area contributed by atoms with E-state index in [1.807, 2.05) is 6.07 Å². The third kappa shape index (κ3) is 5.06. The number of amides is 2. The van der Waals surface area contributed by atoms with E-state index in [0.29, 0.717) is 34.9 Å². The number of nitrogens with one attached hydrogen (secondary N) is 2. The van der Waals surface area contributed by atoms with Crippen molar-refractivity contribution in [2.24, 2.45) is 11.7 Å². The number of carbonyl (C=O) groups is 2. The van der Waals surface area contributed by atoms with Crippen molar-refractivity contribution in [2.45, 2.75) is 31.7 Å². The molecule has 0 heterocycles. The smallest absolute Gasteiger partial charge is 0.255 e. The number of methoxy groups -OCH3 is 2. The van der Waals surface area contributed by atoms with Gasteiger partial charge in [0.25, 0.3) is 5.91 Å². The van der Waals surface area contributed by atoms with Gasteiger partial charge < -0.3 is 25.8 Å². The van der Waals surface area contributed by atoms with E-state index in [2.05, 4.69) is 10.6 Å². The molecule has 1 fully saturated rings. The fourth-order valence-electron chi connectivity index (χ4n) is 3.58. The van der Waals surface area contributed by atoms with E-state index in [9.17, 15) is 9.59 Å². The van der Waals surface area contributed by atoms with Gasteiger partial charge in [-0.3, -0.25) is 9.59 Å². The summed E-state index contributed by atoms with van der Waals surface area (Å²) in [5.41, 5.74) is 7.48. The summed E-state index contributed by atoms with van der Waals surface area (Å²) in [5, 5.41) is 5.76. The lowest BCUT2D eigenvalue weighted by Gasteiger charge is -2.26. The zero-order valence-electron chi connectivity index (χ0n) is 16.7. The summed E-state index contributed by atoms with van der Waals surface area (Å²) in [5.74, 6) is 0.390. The Hall–Kier alpha value is -3.06. The molecule has 2 aromatic rings. The molecule has 7 nitrogen and oxygen atoms in total. The highest BCUT2D eigenvalue weighted by atomic mass is 16.5. The zero-order valence-corrected chi connectivity index (χ0v) is 16.7. The van der Waals surface area contributed by atoms with E-state index in [1.165, 1.54) is 14.2 Å². The molecule has 0 aliphatic heterocycles. The van der Waals surface area contributed by atoms with Crippen molar-refractivity contribution in [3.05, 3.63) is 48.0 Å². The summed E-state index contributed by atoms with van der Waals surface area (Å²) in [6, 6.07) is 12.2. The number of rotatable bonds is 6. The maximum atomic E-state index is 12.7. The van der Waals surface area contributed by atoms with Gasteiger partial charge in [0.2, 0.25) is 5.91 Å². The second-order valence-electron chi connectivity index (χ2n) is 7.19. The van der Waals surface area contributed by atoms with Gasteiger partial charge >= 0.3 is 0 Å². The number of carbonyl (C=O) groups excluding carboxylic acids is 2. The molecule has 7 heteroatoms. The minimum absolute atomic E-state index is 0.0616. The van der Waals surface area contributed by atoms with E-state index in [-0.39, 0.29) is 23.8 Å². The molecule has 0 spiro atoms. The normalized spacial score (nSPS) is 18.6. The van der Waals surface area contributed by atoms with E-state index in [0.717, 1.165) is 19.3 Å². The number of hydrogen-bond donors (Lipinski definition) is 3. The van der Waals surface area contributed by atoms with Crippen molar-refractivity contribution >= 4 is 23.2 Å². The lowest BCUT2D eigenvalue weighted by atomic mass is 9.85. The van der Waals surface area contributed by atoms with E-state index in [1.54, 1.807) is 36.4 Å². The molecule has 154 valence electrons. The minimum atomic E-state index is -0.265. The third-order valence-electron chi connectivity index (χ3n) is 5.15. The first kappa shape index (κ1) is 20.7. The number of ether oxygens (including phenoxy) is 2. The molecular weight excluding hydrogens is 370 g/mol. The van der Waals surface area contributed by atoms with Crippen LogP contribution in [0.2, 0.25) is 0 Å². The molecule has 1 saturated carbocycles. The van der Waals surface area contributed by atoms with Crippen LogP contribution in [0.5, 0.6) is 11.5 Å². The molecular formula is C22H27N3O4. The van der Waals surface area contributed by atoms with Gasteiger partial charge in [0.05, 0.1) is 25.6 Å². The van der Waals surface area contributed by atoms with E-state index >= 15 is 0 Å². The van der Waals surface area contributed by atoms with Crippen LogP contribution in [0.15, 0.2) is 42.5 Å². The summed E-state index contributed by atoms with van der Waals surface area (Å²) in [6.45, 7) is 0. The largest absolute Gasteiger partial charge is 0.494 e. The van der Waals surface area contributed by atoms with Gasteiger partial charge in [0.15, 0.2) is 0 Å². The lowest BCUT2D eigenvalue weighted by molar-refractivity contribution is -0.120. The Labute approximate surface area is 170 Å². The van der Waals surface area contributed by atoms with Crippen molar-refractivity contribution in [1.29, 1.82) is 0 Å². The Morgan fingerprint density at radius 2 is 1.59 bits per heavy atom. The van der Waals surface area contributed by atoms with Crippen molar-refractivity contribution in [1.82, 2.24) is 0 Å². The number of nitrogens with two attached hydrogens (primary N) is 1. The van der Waals surface area contributed by atoms with Crippen LogP contribution in [-0.4, -0.2) is 32.1 Å². The first-order valence-electron chi connectivity index (χ1n) is 9.70. The Bertz CT molecular complexity index is 870. The van der Waals surface area contributed by atoms with Crippen molar-refractivity contribution in [3.63, 3.8) is 0 Å². The number of anilines is 2. The second kappa shape index (κ2) is 9.43. The molecule has 1 aliphatic rings. The topological polar surface area (TPSA) is 103 Å². The Kier molecular flexibility index (Phi) is 6.72. The Morgan fingerprint density at radius 1 is 0.966 bits per heavy atom. The highest BCUT2D eigenvalue weighted by Crippen LogP contribution is 2.37. The minimum Gasteiger partial charge on any atom is -0.494 e. The number of benzene rings is 2. The average Bonchev–Trinajstić information content (AvgIpc) is 2.74. The maximum Gasteiger partial charge on any atom is 0.255 e. The first-order chi connectivity index (χ1) is 14.0. The van der Waals surface area contributed by atoms with Crippen LogP contribution in [0.4, 0.5) is 11.4 Å². The molecule has 1 aliphatic carbocycles. The molecule has 3 rings (SSSR count). The van der Waals surface area contributed by atoms with Crippen molar-refractivity contribution in [3.8, 4) is 11.5 Å². The predicted octanol–water partition coefficient (Wildman–Crippen LogP) is 3.41. The zero-order chi connectivity index (χ0) is 20.8. The van der Waals surface area contributed by atoms with Gasteiger partial charge in [-0.1, -0.05) is 24.6 Å². The quantitative estimate of drug-likeness (QED) is 0.693. The summed E-state index contributed by atoms with van der Waals surface area (Å²) in [4.78, 5) is 25.2. The van der Waals surface area contributed by atoms with Crippen LogP contribution >= 0.6 is 0 Å². The molecule has 0 aromatic heterocycles. The fraction of sp³-hybridized carbons (Fsp3) is 0.364. The molecule has 2 aromatic carbocycles. The van der Waals surface area contributed by atoms with Crippen LogP contribution in [-0.2, 0) is 4.79 Å². The van der Waals surface area contributed by atoms with Crippen LogP contribution in [0.25, 0.3) is 0 Å². The summed E-state index contributed by atoms with van der Waals surface area (Å²) >= 11 is 0. The highest BCUT2D eigenvalue weighted by Gasteiger charge is 2.26. The van der Waals surface area contributed by atoms with E-state index in [4.69, 9.17) is 15.2 Å². The summed E-state index contributed by atoms with van der Waals surface area (Å²) in [6.07, 6.45) is 3.40. The maximum absolute atomic E-state index is 12.7. The number of hydrogen-bond acceptors (Lipinski definition) is 5. The van der Waals surface area contributed by atoms with Gasteiger partial charge in [-0.15, -0.1) is 0 Å². The van der Waals surface area contributed by atoms with Gasteiger partial charge in [0.1, 0.15) is 11.5 Å². The molecule has 0 unspecified atom stereocenters. The standard InChI is InChI=1S/C22H27N3O4/c1-28-19-13-18(25-22(27)15-9-6-10-16(23)11-15)20(29-2)12-17(19)24-21(26)14-7-4-3-5-8-14/h3-5,7-8,12-13,15-16H,6,9-11,23H2,1-2H3,(H,24,26)(H,25,27)/t15-,16+/m1/s1. The van der Waals surface area contributed by atoms with Crippen LogP contribution in [0, 0.1) is 5.92 Å². The van der Waals surface area contributed by atoms with Crippen LogP contribution < -0.4 is 25.8 Å². The summed E-state index contributed by atoms with van der Waals surface area (Å²) in [7, 11) is 3.02. The monoisotopic (exact) mass is 397 g/mol. The molecule has 2 atom stereocenters. The fourth-order valence-corrected chi connectivity index (χ4v) is 3.58. The average molecular weight is 397 g/mol. The molecule has 2 amide bonds. The van der Waals surface area contributed by atoms with Gasteiger partial charge in [-0.25, -0.2) is 0 Å². The van der Waals surface area contributed by atoms with Crippen LogP contribution in [0.3, 0.4) is 0 Å². The summed E-state index contributed by atoms with van der Waals surface area (Å²) < 4.78 is 10.9. The van der Waals surface area contributed by atoms with Gasteiger partial charge in [-0.2, -0.15) is 0 Å². The molecule has 0 radical (unpaired) electrons. The molecule has 4 N–H and O–H groups in total. The van der Waals surface area contributed by atoms with Crippen LogP contribution in [0.1, 0.15) is 36.0 Å². The lowest BCUT2D eigenvalue weighted by Crippen LogP contribution is -2.34. The third-order valence-corrected chi connectivity index (χ3v) is 5.15. The molecule has 0 saturated heterocycles. The Morgan fingerprint density at radius 3 is 2.17 bits per heavy atom. The predicted molar refractivity (Wildman–Crippen MR) is 113 cm³/mol. The second-order valence-corrected chi connectivity index (χ2v) is 7.19.